The molecule has 4 heteroatoms. The number of hydrogen-bond donors (Lipinski definition) is 1. The van der Waals surface area contributed by atoms with E-state index in [1.807, 2.05) is 13.8 Å². The van der Waals surface area contributed by atoms with Gasteiger partial charge in [0.2, 0.25) is 0 Å². The third-order valence-electron chi connectivity index (χ3n) is 0.877. The first kappa shape index (κ1) is 9.94. The Balaban J connectivity index is 3.29. The molecule has 0 aliphatic heterocycles. The van der Waals surface area contributed by atoms with Crippen LogP contribution in [0.4, 0.5) is 4.79 Å². The number of hydrogen-bond acceptors (Lipinski definition) is 3. The third kappa shape index (κ3) is 6.83. The second-order valence-corrected chi connectivity index (χ2v) is 2.54. The topological polar surface area (TPSA) is 55.4 Å². The molecule has 0 aliphatic carbocycles. The molecule has 0 bridgehead atoms. The van der Waals surface area contributed by atoms with Crippen molar-refractivity contribution in [3.63, 3.8) is 0 Å². The summed E-state index contributed by atoms with van der Waals surface area (Å²) in [6.07, 6.45) is 0.0715. The average molecular weight is 159 g/mol. The van der Waals surface area contributed by atoms with E-state index in [-0.39, 0.29) is 6.54 Å². The molecule has 0 atom stereocenters. The van der Waals surface area contributed by atoms with E-state index >= 15 is 0 Å². The molecule has 0 aliphatic rings. The normalized spacial score (nSPS) is 9.36. The number of aldehydes is 1. The monoisotopic (exact) mass is 159 g/mol. The molecular weight excluding hydrogens is 146 g/mol. The van der Waals surface area contributed by atoms with Crippen molar-refractivity contribution in [2.45, 2.75) is 13.8 Å². The van der Waals surface area contributed by atoms with Gasteiger partial charge in [-0.1, -0.05) is 13.8 Å². The molecule has 64 valence electrons. The van der Waals surface area contributed by atoms with Crippen molar-refractivity contribution < 1.29 is 14.3 Å². The SMILES string of the molecule is CC(C)COC(=O)NCC=O. The average Bonchev–Trinajstić information content (AvgIpc) is 1.97. The van der Waals surface area contributed by atoms with Crippen LogP contribution >= 0.6 is 0 Å². The van der Waals surface area contributed by atoms with Crippen LogP contribution in [0, 0.1) is 5.92 Å². The molecule has 0 radical (unpaired) electrons. The number of amides is 1. The van der Waals surface area contributed by atoms with Crippen LogP contribution in [0.25, 0.3) is 0 Å². The standard InChI is InChI=1S/C7H13NO3/c1-6(2)5-11-7(10)8-3-4-9/h4,6H,3,5H2,1-2H3,(H,8,10). The predicted molar refractivity (Wildman–Crippen MR) is 40.3 cm³/mol. The van der Waals surface area contributed by atoms with Gasteiger partial charge in [-0.2, -0.15) is 0 Å². The van der Waals surface area contributed by atoms with Crippen molar-refractivity contribution >= 4 is 12.4 Å². The fourth-order valence-corrected chi connectivity index (χ4v) is 0.418. The molecule has 1 amide bonds. The first-order valence-corrected chi connectivity index (χ1v) is 3.51. The second-order valence-electron chi connectivity index (χ2n) is 2.54. The lowest BCUT2D eigenvalue weighted by atomic mass is 10.2. The highest BCUT2D eigenvalue weighted by atomic mass is 16.5. The van der Waals surface area contributed by atoms with Gasteiger partial charge < -0.3 is 14.8 Å². The van der Waals surface area contributed by atoms with Gasteiger partial charge in [0, 0.05) is 0 Å². The summed E-state index contributed by atoms with van der Waals surface area (Å²) in [5, 5.41) is 2.26. The van der Waals surface area contributed by atoms with E-state index in [4.69, 9.17) is 4.74 Å². The van der Waals surface area contributed by atoms with Gasteiger partial charge in [0.25, 0.3) is 0 Å². The number of ether oxygens (including phenoxy) is 1. The second kappa shape index (κ2) is 5.70. The molecule has 0 aromatic carbocycles. The highest BCUT2D eigenvalue weighted by Crippen LogP contribution is 1.91. The minimum absolute atomic E-state index is 0.0108. The molecule has 11 heavy (non-hydrogen) atoms. The quantitative estimate of drug-likeness (QED) is 0.610. The molecule has 0 heterocycles. The molecule has 0 saturated carbocycles. The Morgan fingerprint density at radius 3 is 2.73 bits per heavy atom. The highest BCUT2D eigenvalue weighted by molar-refractivity contribution is 5.70. The lowest BCUT2D eigenvalue weighted by Gasteiger charge is -2.06. The van der Waals surface area contributed by atoms with Gasteiger partial charge in [0.15, 0.2) is 0 Å². The summed E-state index contributed by atoms with van der Waals surface area (Å²) in [6, 6.07) is 0. The molecule has 4 nitrogen and oxygen atoms in total. The minimum Gasteiger partial charge on any atom is -0.449 e. The van der Waals surface area contributed by atoms with Crippen LogP contribution < -0.4 is 5.32 Å². The first-order valence-electron chi connectivity index (χ1n) is 3.51. The van der Waals surface area contributed by atoms with Crippen molar-refractivity contribution in [3.8, 4) is 0 Å². The number of carbonyl (C=O) groups excluding carboxylic acids is 2. The molecule has 1 N–H and O–H groups in total. The summed E-state index contributed by atoms with van der Waals surface area (Å²) in [5.74, 6) is 0.317. The molecule has 0 spiro atoms. The number of nitrogens with one attached hydrogen (secondary N) is 1. The molecule has 0 rings (SSSR count). The van der Waals surface area contributed by atoms with Crippen molar-refractivity contribution in [1.29, 1.82) is 0 Å². The summed E-state index contributed by atoms with van der Waals surface area (Å²) >= 11 is 0. The zero-order valence-corrected chi connectivity index (χ0v) is 6.79. The van der Waals surface area contributed by atoms with Crippen molar-refractivity contribution in [1.82, 2.24) is 5.32 Å². The van der Waals surface area contributed by atoms with E-state index in [1.165, 1.54) is 0 Å². The van der Waals surface area contributed by atoms with Crippen LogP contribution in [0.3, 0.4) is 0 Å². The molecule has 0 aromatic heterocycles. The Kier molecular flexibility index (Phi) is 5.15. The van der Waals surface area contributed by atoms with Crippen LogP contribution in [0.1, 0.15) is 13.8 Å². The van der Waals surface area contributed by atoms with Gasteiger partial charge in [-0.3, -0.25) is 0 Å². The molecular formula is C7H13NO3. The summed E-state index contributed by atoms with van der Waals surface area (Å²) in [4.78, 5) is 20.4. The van der Waals surface area contributed by atoms with E-state index in [0.29, 0.717) is 18.8 Å². The molecule has 0 saturated heterocycles. The maximum absolute atomic E-state index is 10.6. The first-order chi connectivity index (χ1) is 5.16. The van der Waals surface area contributed by atoms with E-state index < -0.39 is 6.09 Å². The third-order valence-corrected chi connectivity index (χ3v) is 0.877. The van der Waals surface area contributed by atoms with Gasteiger partial charge in [0.05, 0.1) is 13.2 Å². The van der Waals surface area contributed by atoms with Crippen molar-refractivity contribution in [3.05, 3.63) is 0 Å². The van der Waals surface area contributed by atoms with Gasteiger partial charge in [0.1, 0.15) is 6.29 Å². The predicted octanol–water partition coefficient (Wildman–Crippen LogP) is 0.567. The molecule has 0 fully saturated rings. The summed E-state index contributed by atoms with van der Waals surface area (Å²) in [7, 11) is 0. The summed E-state index contributed by atoms with van der Waals surface area (Å²) < 4.78 is 4.70. The zero-order chi connectivity index (χ0) is 8.69. The van der Waals surface area contributed by atoms with E-state index in [1.54, 1.807) is 0 Å². The van der Waals surface area contributed by atoms with Crippen LogP contribution in [-0.4, -0.2) is 25.5 Å². The Hall–Kier alpha value is -1.06. The van der Waals surface area contributed by atoms with Gasteiger partial charge in [-0.15, -0.1) is 0 Å². The van der Waals surface area contributed by atoms with E-state index in [0.717, 1.165) is 0 Å². The Morgan fingerprint density at radius 1 is 1.64 bits per heavy atom. The minimum atomic E-state index is -0.536. The van der Waals surface area contributed by atoms with Crippen LogP contribution in [0.2, 0.25) is 0 Å². The zero-order valence-electron chi connectivity index (χ0n) is 6.79. The number of alkyl carbamates (subject to hydrolysis) is 1. The Morgan fingerprint density at radius 2 is 2.27 bits per heavy atom. The lowest BCUT2D eigenvalue weighted by molar-refractivity contribution is -0.107. The van der Waals surface area contributed by atoms with E-state index in [9.17, 15) is 9.59 Å². The Labute approximate surface area is 65.9 Å². The number of rotatable bonds is 4. The van der Waals surface area contributed by atoms with E-state index in [2.05, 4.69) is 5.32 Å². The lowest BCUT2D eigenvalue weighted by Crippen LogP contribution is -2.27. The highest BCUT2D eigenvalue weighted by Gasteiger charge is 2.00. The van der Waals surface area contributed by atoms with Crippen LogP contribution in [0.5, 0.6) is 0 Å². The van der Waals surface area contributed by atoms with Crippen molar-refractivity contribution in [2.75, 3.05) is 13.2 Å². The fourth-order valence-electron chi connectivity index (χ4n) is 0.418. The Bertz CT molecular complexity index is 134. The van der Waals surface area contributed by atoms with Gasteiger partial charge >= 0.3 is 6.09 Å². The summed E-state index contributed by atoms with van der Waals surface area (Å²) in [5.41, 5.74) is 0. The number of carbonyl (C=O) groups is 2. The largest absolute Gasteiger partial charge is 0.449 e. The maximum atomic E-state index is 10.6. The van der Waals surface area contributed by atoms with Gasteiger partial charge in [-0.25, -0.2) is 4.79 Å². The fraction of sp³-hybridized carbons (Fsp3) is 0.714. The summed E-state index contributed by atoms with van der Waals surface area (Å²) in [6.45, 7) is 4.27. The maximum Gasteiger partial charge on any atom is 0.407 e. The van der Waals surface area contributed by atoms with Crippen LogP contribution in [0.15, 0.2) is 0 Å². The van der Waals surface area contributed by atoms with Gasteiger partial charge in [-0.05, 0) is 5.92 Å². The smallest absolute Gasteiger partial charge is 0.407 e. The van der Waals surface area contributed by atoms with Crippen LogP contribution in [-0.2, 0) is 9.53 Å². The molecule has 0 aromatic rings. The van der Waals surface area contributed by atoms with Crippen molar-refractivity contribution in [2.24, 2.45) is 5.92 Å². The molecule has 0 unspecified atom stereocenters.